The van der Waals surface area contributed by atoms with Crippen molar-refractivity contribution < 1.29 is 35.4 Å². The van der Waals surface area contributed by atoms with E-state index in [2.05, 4.69) is 5.32 Å². The quantitative estimate of drug-likeness (QED) is 0.288. The van der Waals surface area contributed by atoms with Crippen molar-refractivity contribution in [3.05, 3.63) is 11.5 Å². The monoisotopic (exact) mass is 281 g/mol. The molecule has 0 spiro atoms. The Morgan fingerprint density at radius 2 is 1.89 bits per heavy atom. The largest absolute Gasteiger partial charge is 0.506 e. The topological polar surface area (TPSA) is 150 Å². The van der Waals surface area contributed by atoms with E-state index in [1.54, 1.807) is 0 Å². The average molecular weight is 281 g/mol. The number of carboxylic acids is 1. The van der Waals surface area contributed by atoms with Crippen molar-refractivity contribution in [3.8, 4) is 0 Å². The maximum absolute atomic E-state index is 10.7. The number of rotatable bonds is 5. The van der Waals surface area contributed by atoms with Crippen LogP contribution in [0.25, 0.3) is 0 Å². The zero-order valence-corrected chi connectivity index (χ0v) is 10.0. The molecule has 0 radical (unpaired) electrons. The lowest BCUT2D eigenvalue weighted by Crippen LogP contribution is -2.42. The standard InChI is InChI=1S/C9H15NO7S/c11-1-4(12)5(13)6(14)7(15)8-10-3(2-18-8)9(16)17/h3-4,7-8,10-15H,1-2H2,(H,16,17)/b6-5+/t3-,4?,7?,8?/m0/s1. The minimum absolute atomic E-state index is 0.202. The van der Waals surface area contributed by atoms with E-state index >= 15 is 0 Å². The minimum atomic E-state index is -1.69. The van der Waals surface area contributed by atoms with E-state index < -0.39 is 47.7 Å². The number of carboxylic acid groups (broad SMARTS) is 1. The second-order valence-electron chi connectivity index (χ2n) is 3.73. The third kappa shape index (κ3) is 3.27. The highest BCUT2D eigenvalue weighted by Crippen LogP contribution is 2.25. The zero-order chi connectivity index (χ0) is 13.9. The van der Waals surface area contributed by atoms with Crippen molar-refractivity contribution in [1.29, 1.82) is 0 Å². The van der Waals surface area contributed by atoms with E-state index in [0.29, 0.717) is 0 Å². The highest BCUT2D eigenvalue weighted by molar-refractivity contribution is 8.00. The van der Waals surface area contributed by atoms with Gasteiger partial charge >= 0.3 is 5.97 Å². The second-order valence-corrected chi connectivity index (χ2v) is 4.90. The van der Waals surface area contributed by atoms with Crippen LogP contribution in [0.4, 0.5) is 0 Å². The molecule has 9 heteroatoms. The van der Waals surface area contributed by atoms with Gasteiger partial charge in [0.05, 0.1) is 12.0 Å². The molecule has 104 valence electrons. The summed E-state index contributed by atoms with van der Waals surface area (Å²) in [5, 5.41) is 56.6. The highest BCUT2D eigenvalue weighted by Gasteiger charge is 2.36. The molecule has 0 bridgehead atoms. The van der Waals surface area contributed by atoms with Gasteiger partial charge in [-0.3, -0.25) is 10.1 Å². The number of aliphatic hydroxyl groups excluding tert-OH is 5. The molecule has 1 heterocycles. The van der Waals surface area contributed by atoms with Crippen LogP contribution in [0.1, 0.15) is 0 Å². The molecule has 1 rings (SSSR count). The van der Waals surface area contributed by atoms with Gasteiger partial charge in [-0.2, -0.15) is 0 Å². The highest BCUT2D eigenvalue weighted by atomic mass is 32.2. The van der Waals surface area contributed by atoms with Crippen LogP contribution in [-0.2, 0) is 4.79 Å². The molecule has 0 aliphatic carbocycles. The Hall–Kier alpha value is -1.00. The van der Waals surface area contributed by atoms with Gasteiger partial charge in [0, 0.05) is 5.75 Å². The van der Waals surface area contributed by atoms with Gasteiger partial charge in [0.1, 0.15) is 18.2 Å². The summed E-state index contributed by atoms with van der Waals surface area (Å²) in [6, 6.07) is -0.854. The van der Waals surface area contributed by atoms with Gasteiger partial charge in [0.25, 0.3) is 0 Å². The Morgan fingerprint density at radius 3 is 2.33 bits per heavy atom. The summed E-state index contributed by atoms with van der Waals surface area (Å²) in [5.41, 5.74) is 0. The maximum Gasteiger partial charge on any atom is 0.321 e. The molecule has 1 aliphatic heterocycles. The lowest BCUT2D eigenvalue weighted by molar-refractivity contribution is -0.138. The van der Waals surface area contributed by atoms with Gasteiger partial charge in [-0.1, -0.05) is 0 Å². The fourth-order valence-electron chi connectivity index (χ4n) is 1.37. The van der Waals surface area contributed by atoms with Crippen LogP contribution < -0.4 is 5.32 Å². The van der Waals surface area contributed by atoms with E-state index in [4.69, 9.17) is 15.3 Å². The van der Waals surface area contributed by atoms with Gasteiger partial charge in [0.2, 0.25) is 0 Å². The number of hydrogen-bond acceptors (Lipinski definition) is 8. The smallest absolute Gasteiger partial charge is 0.321 e. The zero-order valence-electron chi connectivity index (χ0n) is 9.22. The fourth-order valence-corrected chi connectivity index (χ4v) is 2.58. The molecule has 4 atom stereocenters. The molecule has 8 nitrogen and oxygen atoms in total. The van der Waals surface area contributed by atoms with Gasteiger partial charge in [-0.05, 0) is 0 Å². The molecule has 1 fully saturated rings. The van der Waals surface area contributed by atoms with Crippen molar-refractivity contribution >= 4 is 17.7 Å². The molecule has 0 aromatic heterocycles. The predicted molar refractivity (Wildman–Crippen MR) is 62.2 cm³/mol. The molecule has 0 amide bonds. The number of nitrogens with one attached hydrogen (secondary N) is 1. The van der Waals surface area contributed by atoms with Crippen LogP contribution in [0.2, 0.25) is 0 Å². The summed E-state index contributed by atoms with van der Waals surface area (Å²) < 4.78 is 0. The lowest BCUT2D eigenvalue weighted by atomic mass is 10.2. The minimum Gasteiger partial charge on any atom is -0.506 e. The number of aliphatic hydroxyl groups is 5. The molecular formula is C9H15NO7S. The summed E-state index contributed by atoms with van der Waals surface area (Å²) in [7, 11) is 0. The van der Waals surface area contributed by atoms with Gasteiger partial charge in [0.15, 0.2) is 11.5 Å². The lowest BCUT2D eigenvalue weighted by Gasteiger charge is -2.19. The third-order valence-corrected chi connectivity index (χ3v) is 3.70. The van der Waals surface area contributed by atoms with Crippen LogP contribution in [0, 0.1) is 0 Å². The van der Waals surface area contributed by atoms with E-state index in [0.717, 1.165) is 11.8 Å². The van der Waals surface area contributed by atoms with Crippen molar-refractivity contribution in [2.45, 2.75) is 23.6 Å². The first kappa shape index (κ1) is 15.1. The molecule has 0 saturated carbocycles. The molecule has 7 N–H and O–H groups in total. The number of aliphatic carboxylic acids is 1. The molecular weight excluding hydrogens is 266 g/mol. The Labute approximate surface area is 107 Å². The summed E-state index contributed by atoms with van der Waals surface area (Å²) in [6.07, 6.45) is -3.28. The first-order valence-electron chi connectivity index (χ1n) is 5.08. The van der Waals surface area contributed by atoms with Crippen LogP contribution in [0.15, 0.2) is 11.5 Å². The van der Waals surface area contributed by atoms with Crippen LogP contribution in [-0.4, -0.2) is 72.6 Å². The summed E-state index contributed by atoms with van der Waals surface area (Å²) in [6.45, 7) is -0.814. The second kappa shape index (κ2) is 6.25. The SMILES string of the molecule is O=C(O)[C@@H]1CSC(C(O)/C(O)=C(\O)C(O)CO)N1. The summed E-state index contributed by atoms with van der Waals surface area (Å²) in [5.74, 6) is -2.72. The number of thioether (sulfide) groups is 1. The van der Waals surface area contributed by atoms with E-state index in [1.165, 1.54) is 0 Å². The summed E-state index contributed by atoms with van der Waals surface area (Å²) >= 11 is 1.06. The Balaban J connectivity index is 2.71. The van der Waals surface area contributed by atoms with Crippen molar-refractivity contribution in [2.24, 2.45) is 0 Å². The molecule has 18 heavy (non-hydrogen) atoms. The average Bonchev–Trinajstić information content (AvgIpc) is 2.84. The van der Waals surface area contributed by atoms with E-state index in [9.17, 15) is 20.1 Å². The van der Waals surface area contributed by atoms with Crippen molar-refractivity contribution in [2.75, 3.05) is 12.4 Å². The molecule has 1 saturated heterocycles. The van der Waals surface area contributed by atoms with Gasteiger partial charge < -0.3 is 30.6 Å². The third-order valence-electron chi connectivity index (χ3n) is 2.42. The fraction of sp³-hybridized carbons (Fsp3) is 0.667. The van der Waals surface area contributed by atoms with Crippen molar-refractivity contribution in [3.63, 3.8) is 0 Å². The Morgan fingerprint density at radius 1 is 1.28 bits per heavy atom. The summed E-state index contributed by atoms with van der Waals surface area (Å²) in [4.78, 5) is 10.7. The van der Waals surface area contributed by atoms with Crippen LogP contribution in [0.3, 0.4) is 0 Å². The van der Waals surface area contributed by atoms with Gasteiger partial charge in [-0.15, -0.1) is 11.8 Å². The molecule has 0 aromatic carbocycles. The normalized spacial score (nSPS) is 28.6. The number of hydrogen-bond donors (Lipinski definition) is 7. The molecule has 1 aliphatic rings. The van der Waals surface area contributed by atoms with Crippen LogP contribution in [0.5, 0.6) is 0 Å². The maximum atomic E-state index is 10.7. The van der Waals surface area contributed by atoms with E-state index in [-0.39, 0.29) is 5.75 Å². The van der Waals surface area contributed by atoms with Crippen LogP contribution >= 0.6 is 11.8 Å². The number of carbonyl (C=O) groups is 1. The Kier molecular flexibility index (Phi) is 5.23. The first-order chi connectivity index (χ1) is 8.38. The van der Waals surface area contributed by atoms with E-state index in [1.807, 2.05) is 0 Å². The molecule has 3 unspecified atom stereocenters. The molecule has 0 aromatic rings. The Bertz CT molecular complexity index is 348. The first-order valence-corrected chi connectivity index (χ1v) is 6.12. The van der Waals surface area contributed by atoms with Crippen molar-refractivity contribution in [1.82, 2.24) is 5.32 Å². The predicted octanol–water partition coefficient (Wildman–Crippen LogP) is -1.86. The van der Waals surface area contributed by atoms with Gasteiger partial charge in [-0.25, -0.2) is 0 Å².